The lowest BCUT2D eigenvalue weighted by Crippen LogP contribution is -2.31. The molecule has 0 spiro atoms. The summed E-state index contributed by atoms with van der Waals surface area (Å²) in [4.78, 5) is 17.8. The van der Waals surface area contributed by atoms with Crippen LogP contribution in [0.1, 0.15) is 12.0 Å². The molecule has 0 saturated heterocycles. The number of aromatic nitrogens is 1. The second-order valence-corrected chi connectivity index (χ2v) is 5.26. The number of anilines is 1. The van der Waals surface area contributed by atoms with Crippen LogP contribution in [0.3, 0.4) is 0 Å². The standard InChI is InChI=1S/C11H13IN2O2/c1-14-9-6-13-10(16-2)5-7(9)3-4-8(12)11(14)15/h5-6,8H,3-4H2,1-2H3. The molecular weight excluding hydrogens is 319 g/mol. The first-order valence-corrected chi connectivity index (χ1v) is 6.32. The highest BCUT2D eigenvalue weighted by Gasteiger charge is 2.26. The Balaban J connectivity index is 2.43. The van der Waals surface area contributed by atoms with Gasteiger partial charge >= 0.3 is 0 Å². The molecule has 0 bridgehead atoms. The molecule has 0 aromatic carbocycles. The highest BCUT2D eigenvalue weighted by molar-refractivity contribution is 14.1. The molecule has 1 atom stereocenters. The first-order valence-electron chi connectivity index (χ1n) is 5.08. The number of hydrogen-bond donors (Lipinski definition) is 0. The van der Waals surface area contributed by atoms with Gasteiger partial charge in [0.15, 0.2) is 0 Å². The smallest absolute Gasteiger partial charge is 0.239 e. The molecule has 1 amide bonds. The second-order valence-electron chi connectivity index (χ2n) is 3.76. The molecule has 1 aliphatic heterocycles. The number of carbonyl (C=O) groups excluding carboxylic acids is 1. The molecule has 2 rings (SSSR count). The van der Waals surface area contributed by atoms with Gasteiger partial charge in [0, 0.05) is 13.1 Å². The van der Waals surface area contributed by atoms with Gasteiger partial charge in [0.25, 0.3) is 0 Å². The number of amides is 1. The molecule has 86 valence electrons. The van der Waals surface area contributed by atoms with E-state index in [1.807, 2.05) is 6.07 Å². The Kier molecular flexibility index (Phi) is 3.32. The normalized spacial score (nSPS) is 20.3. The van der Waals surface area contributed by atoms with E-state index in [0.29, 0.717) is 5.88 Å². The lowest BCUT2D eigenvalue weighted by molar-refractivity contribution is -0.117. The van der Waals surface area contributed by atoms with E-state index in [2.05, 4.69) is 27.6 Å². The van der Waals surface area contributed by atoms with Crippen LogP contribution in [0.15, 0.2) is 12.3 Å². The fraction of sp³-hybridized carbons (Fsp3) is 0.455. The van der Waals surface area contributed by atoms with E-state index in [0.717, 1.165) is 24.1 Å². The number of methoxy groups -OCH3 is 1. The van der Waals surface area contributed by atoms with Crippen molar-refractivity contribution in [2.75, 3.05) is 19.1 Å². The minimum Gasteiger partial charge on any atom is -0.481 e. The SMILES string of the molecule is COc1cc2c(cn1)N(C)C(=O)C(I)CC2. The number of halogens is 1. The van der Waals surface area contributed by atoms with Crippen LogP contribution in [0.4, 0.5) is 5.69 Å². The second kappa shape index (κ2) is 4.57. The topological polar surface area (TPSA) is 42.4 Å². The molecule has 1 aromatic rings. The zero-order valence-corrected chi connectivity index (χ0v) is 11.4. The van der Waals surface area contributed by atoms with Gasteiger partial charge in [0.2, 0.25) is 11.8 Å². The molecule has 4 nitrogen and oxygen atoms in total. The maximum absolute atomic E-state index is 11.9. The largest absolute Gasteiger partial charge is 0.481 e. The summed E-state index contributed by atoms with van der Waals surface area (Å²) in [5.41, 5.74) is 2.02. The number of hydrogen-bond acceptors (Lipinski definition) is 3. The maximum Gasteiger partial charge on any atom is 0.239 e. The highest BCUT2D eigenvalue weighted by atomic mass is 127. The third kappa shape index (κ3) is 2.00. The number of nitrogens with zero attached hydrogens (tertiary/aromatic N) is 2. The summed E-state index contributed by atoms with van der Waals surface area (Å²) >= 11 is 2.20. The lowest BCUT2D eigenvalue weighted by atomic mass is 10.1. The van der Waals surface area contributed by atoms with Gasteiger partial charge < -0.3 is 9.64 Å². The number of aryl methyl sites for hydroxylation is 1. The Morgan fingerprint density at radius 1 is 1.62 bits per heavy atom. The zero-order valence-electron chi connectivity index (χ0n) is 9.24. The van der Waals surface area contributed by atoms with Crippen LogP contribution in [0, 0.1) is 0 Å². The first kappa shape index (κ1) is 11.6. The number of alkyl halides is 1. The van der Waals surface area contributed by atoms with Crippen LogP contribution >= 0.6 is 22.6 Å². The van der Waals surface area contributed by atoms with E-state index in [1.54, 1.807) is 25.3 Å². The van der Waals surface area contributed by atoms with Gasteiger partial charge in [-0.2, -0.15) is 0 Å². The molecular formula is C11H13IN2O2. The van der Waals surface area contributed by atoms with Crippen LogP contribution < -0.4 is 9.64 Å². The van der Waals surface area contributed by atoms with Crippen molar-refractivity contribution >= 4 is 34.2 Å². The summed E-state index contributed by atoms with van der Waals surface area (Å²) in [5, 5.41) is 0. The Morgan fingerprint density at radius 3 is 3.06 bits per heavy atom. The molecule has 16 heavy (non-hydrogen) atoms. The summed E-state index contributed by atoms with van der Waals surface area (Å²) < 4.78 is 5.14. The van der Waals surface area contributed by atoms with Gasteiger partial charge in [-0.25, -0.2) is 4.98 Å². The van der Waals surface area contributed by atoms with Crippen molar-refractivity contribution in [3.8, 4) is 5.88 Å². The van der Waals surface area contributed by atoms with E-state index in [4.69, 9.17) is 4.74 Å². The molecule has 5 heteroatoms. The Bertz CT molecular complexity index is 422. The number of carbonyl (C=O) groups is 1. The monoisotopic (exact) mass is 332 g/mol. The zero-order chi connectivity index (χ0) is 11.7. The van der Waals surface area contributed by atoms with Crippen LogP contribution in [-0.2, 0) is 11.2 Å². The fourth-order valence-electron chi connectivity index (χ4n) is 1.82. The molecule has 1 unspecified atom stereocenters. The van der Waals surface area contributed by atoms with Crippen molar-refractivity contribution in [3.05, 3.63) is 17.8 Å². The average Bonchev–Trinajstić information content (AvgIpc) is 2.42. The van der Waals surface area contributed by atoms with Crippen molar-refractivity contribution < 1.29 is 9.53 Å². The van der Waals surface area contributed by atoms with E-state index in [1.165, 1.54) is 0 Å². The van der Waals surface area contributed by atoms with Gasteiger partial charge in [-0.05, 0) is 18.4 Å². The molecule has 0 fully saturated rings. The molecule has 1 aliphatic rings. The van der Waals surface area contributed by atoms with Crippen molar-refractivity contribution in [2.45, 2.75) is 16.8 Å². The van der Waals surface area contributed by atoms with Crippen molar-refractivity contribution in [1.82, 2.24) is 4.98 Å². The summed E-state index contributed by atoms with van der Waals surface area (Å²) in [6.45, 7) is 0. The Morgan fingerprint density at radius 2 is 2.38 bits per heavy atom. The minimum absolute atomic E-state index is 0.0426. The van der Waals surface area contributed by atoms with E-state index in [9.17, 15) is 4.79 Å². The highest BCUT2D eigenvalue weighted by Crippen LogP contribution is 2.29. The van der Waals surface area contributed by atoms with Gasteiger partial charge in [-0.1, -0.05) is 22.6 Å². The first-order chi connectivity index (χ1) is 7.63. The molecule has 0 saturated carbocycles. The quantitative estimate of drug-likeness (QED) is 0.582. The van der Waals surface area contributed by atoms with Gasteiger partial charge in [-0.15, -0.1) is 0 Å². The van der Waals surface area contributed by atoms with Gasteiger partial charge in [0.05, 0.1) is 22.9 Å². The number of fused-ring (bicyclic) bond motifs is 1. The van der Waals surface area contributed by atoms with Crippen LogP contribution in [0.2, 0.25) is 0 Å². The number of ether oxygens (including phenoxy) is 1. The van der Waals surface area contributed by atoms with Gasteiger partial charge in [-0.3, -0.25) is 4.79 Å². The predicted octanol–water partition coefficient (Wildman–Crippen LogP) is 1.80. The van der Waals surface area contributed by atoms with E-state index >= 15 is 0 Å². The minimum atomic E-state index is 0.0426. The molecule has 2 heterocycles. The lowest BCUT2D eigenvalue weighted by Gasteiger charge is -2.18. The fourth-order valence-corrected chi connectivity index (χ4v) is 2.55. The summed E-state index contributed by atoms with van der Waals surface area (Å²) in [7, 11) is 3.40. The summed E-state index contributed by atoms with van der Waals surface area (Å²) in [5.74, 6) is 0.748. The van der Waals surface area contributed by atoms with Gasteiger partial charge in [0.1, 0.15) is 0 Å². The predicted molar refractivity (Wildman–Crippen MR) is 70.3 cm³/mol. The summed E-state index contributed by atoms with van der Waals surface area (Å²) in [6.07, 6.45) is 3.46. The van der Waals surface area contributed by atoms with Crippen molar-refractivity contribution in [2.24, 2.45) is 0 Å². The molecule has 0 N–H and O–H groups in total. The molecule has 0 aliphatic carbocycles. The third-order valence-corrected chi connectivity index (χ3v) is 3.93. The van der Waals surface area contributed by atoms with E-state index in [-0.39, 0.29) is 9.83 Å². The average molecular weight is 332 g/mol. The molecule has 0 radical (unpaired) electrons. The molecule has 1 aromatic heterocycles. The van der Waals surface area contributed by atoms with Crippen molar-refractivity contribution in [3.63, 3.8) is 0 Å². The van der Waals surface area contributed by atoms with Crippen LogP contribution in [-0.4, -0.2) is 29.0 Å². The Hall–Kier alpha value is -0.850. The number of pyridine rings is 1. The van der Waals surface area contributed by atoms with Crippen LogP contribution in [0.25, 0.3) is 0 Å². The number of rotatable bonds is 1. The van der Waals surface area contributed by atoms with Crippen LogP contribution in [0.5, 0.6) is 5.88 Å². The van der Waals surface area contributed by atoms with Crippen molar-refractivity contribution in [1.29, 1.82) is 0 Å². The summed E-state index contributed by atoms with van der Waals surface area (Å²) in [6, 6.07) is 1.91. The van der Waals surface area contributed by atoms with E-state index < -0.39 is 0 Å². The Labute approximate surface area is 108 Å². The maximum atomic E-state index is 11.9. The third-order valence-electron chi connectivity index (χ3n) is 2.78.